The van der Waals surface area contributed by atoms with E-state index in [1.54, 1.807) is 11.8 Å². The number of amides is 2. The summed E-state index contributed by atoms with van der Waals surface area (Å²) in [5.41, 5.74) is 5.00. The van der Waals surface area contributed by atoms with Crippen LogP contribution < -0.4 is 15.8 Å². The molecule has 0 spiro atoms. The van der Waals surface area contributed by atoms with Crippen molar-refractivity contribution in [3.63, 3.8) is 0 Å². The molecule has 3 atom stereocenters. The van der Waals surface area contributed by atoms with Gasteiger partial charge in [-0.15, -0.1) is 0 Å². The summed E-state index contributed by atoms with van der Waals surface area (Å²) in [4.78, 5) is 33.4. The molecule has 1 saturated heterocycles. The van der Waals surface area contributed by atoms with Crippen LogP contribution in [0.4, 0.5) is 16.0 Å². The minimum absolute atomic E-state index is 0.0126. The molecule has 0 aromatic carbocycles. The first-order valence-electron chi connectivity index (χ1n) is 10.7. The Hall–Kier alpha value is -2.53. The molecule has 2 amide bonds. The van der Waals surface area contributed by atoms with Gasteiger partial charge < -0.3 is 10.0 Å². The number of anilines is 2. The molecule has 0 bridgehead atoms. The second-order valence-electron chi connectivity index (χ2n) is 8.63. The van der Waals surface area contributed by atoms with Gasteiger partial charge in [-0.3, -0.25) is 25.6 Å². The first-order chi connectivity index (χ1) is 14.8. The zero-order valence-corrected chi connectivity index (χ0v) is 17.9. The Morgan fingerprint density at radius 1 is 1.35 bits per heavy atom. The number of hydrogen-bond donors (Lipinski definition) is 4. The van der Waals surface area contributed by atoms with Gasteiger partial charge in [0.1, 0.15) is 5.82 Å². The number of β-amino-alcohol motifs (C(OH)–C–C–N with tert-alkyl or cyclic N) is 1. The Morgan fingerprint density at radius 3 is 2.68 bits per heavy atom. The van der Waals surface area contributed by atoms with Gasteiger partial charge in [0.25, 0.3) is 0 Å². The number of rotatable bonds is 9. The number of aliphatic hydroxyl groups excluding tert-OH is 1. The molecule has 0 unspecified atom stereocenters. The lowest BCUT2D eigenvalue weighted by Crippen LogP contribution is -2.41. The fourth-order valence-corrected chi connectivity index (χ4v) is 4.36. The third-order valence-electron chi connectivity index (χ3n) is 6.11. The fraction of sp³-hybridized carbons (Fsp3) is 0.700. The zero-order valence-electron chi connectivity index (χ0n) is 17.9. The maximum absolute atomic E-state index is 15.0. The molecule has 1 aliphatic carbocycles. The van der Waals surface area contributed by atoms with Crippen molar-refractivity contribution in [2.45, 2.75) is 52.1 Å². The second-order valence-corrected chi connectivity index (χ2v) is 8.63. The summed E-state index contributed by atoms with van der Waals surface area (Å²) in [6.45, 7) is 4.07. The van der Waals surface area contributed by atoms with E-state index in [4.69, 9.17) is 0 Å². The maximum atomic E-state index is 15.0. The van der Waals surface area contributed by atoms with E-state index in [2.05, 4.69) is 20.8 Å². The van der Waals surface area contributed by atoms with Crippen molar-refractivity contribution < 1.29 is 24.3 Å². The minimum atomic E-state index is -0.726. The number of nitrogens with zero attached hydrogens (tertiary/aromatic N) is 4. The molecule has 1 aromatic heterocycles. The highest BCUT2D eigenvalue weighted by atomic mass is 19.1. The lowest BCUT2D eigenvalue weighted by molar-refractivity contribution is -0.154. The third kappa shape index (κ3) is 5.79. The zero-order chi connectivity index (χ0) is 22.5. The molecule has 2 fully saturated rings. The topological polar surface area (TPSA) is 131 Å². The molecule has 11 heteroatoms. The van der Waals surface area contributed by atoms with Gasteiger partial charge in [-0.25, -0.2) is 15.0 Å². The summed E-state index contributed by atoms with van der Waals surface area (Å²) in [7, 11) is 0. The molecular formula is C20H31FN6O4. The Kier molecular flexibility index (Phi) is 7.60. The van der Waals surface area contributed by atoms with Crippen LogP contribution in [0.3, 0.4) is 0 Å². The van der Waals surface area contributed by atoms with Gasteiger partial charge in [-0.1, -0.05) is 32.6 Å². The number of hydrogen-bond acceptors (Lipinski definition) is 8. The highest BCUT2D eigenvalue weighted by Crippen LogP contribution is 2.31. The number of aliphatic hydroxyl groups is 1. The molecule has 10 nitrogen and oxygen atoms in total. The van der Waals surface area contributed by atoms with Crippen LogP contribution in [0.1, 0.15) is 44.9 Å². The number of carbonyl (C=O) groups excluding carboxylic acids is 2. The van der Waals surface area contributed by atoms with Crippen molar-refractivity contribution in [2.75, 3.05) is 30.0 Å². The van der Waals surface area contributed by atoms with Crippen molar-refractivity contribution in [1.82, 2.24) is 20.5 Å². The fourth-order valence-electron chi connectivity index (χ4n) is 4.36. The van der Waals surface area contributed by atoms with E-state index < -0.39 is 23.7 Å². The summed E-state index contributed by atoms with van der Waals surface area (Å²) >= 11 is 0. The highest BCUT2D eigenvalue weighted by Gasteiger charge is 2.32. The number of hydrazine groups is 1. The molecule has 2 heterocycles. The number of aryl methyl sites for hydroxylation is 1. The van der Waals surface area contributed by atoms with Crippen LogP contribution in [0.5, 0.6) is 0 Å². The Labute approximate surface area is 180 Å². The lowest BCUT2D eigenvalue weighted by atomic mass is 9.92. The molecule has 1 aromatic rings. The molecule has 3 rings (SSSR count). The molecule has 2 aliphatic rings. The average Bonchev–Trinajstić information content (AvgIpc) is 3.37. The van der Waals surface area contributed by atoms with Crippen molar-refractivity contribution in [3.05, 3.63) is 11.6 Å². The molecule has 31 heavy (non-hydrogen) atoms. The van der Waals surface area contributed by atoms with Gasteiger partial charge in [0.2, 0.25) is 18.1 Å². The second kappa shape index (κ2) is 10.2. The molecule has 0 radical (unpaired) electrons. The molecule has 1 saturated carbocycles. The SMILES string of the molecule is Cc1nc(NNC(=O)[C@H](CC2CCCC2)CN(O)C=O)c(F)c(N2C[C@@H](C)[C@@H](O)C2)n1. The van der Waals surface area contributed by atoms with Gasteiger partial charge >= 0.3 is 0 Å². The van der Waals surface area contributed by atoms with E-state index >= 15 is 4.39 Å². The van der Waals surface area contributed by atoms with Crippen molar-refractivity contribution >= 4 is 24.0 Å². The number of hydroxylamine groups is 2. The first kappa shape index (κ1) is 23.1. The van der Waals surface area contributed by atoms with Gasteiger partial charge in [0.15, 0.2) is 11.6 Å². The highest BCUT2D eigenvalue weighted by molar-refractivity contribution is 5.80. The van der Waals surface area contributed by atoms with Crippen molar-refractivity contribution in [1.29, 1.82) is 0 Å². The van der Waals surface area contributed by atoms with Gasteiger partial charge in [-0.05, 0) is 19.3 Å². The van der Waals surface area contributed by atoms with Crippen LogP contribution in [0.2, 0.25) is 0 Å². The maximum Gasteiger partial charge on any atom is 0.243 e. The minimum Gasteiger partial charge on any atom is -0.391 e. The van der Waals surface area contributed by atoms with Crippen molar-refractivity contribution in [3.8, 4) is 0 Å². The predicted molar refractivity (Wildman–Crippen MR) is 110 cm³/mol. The van der Waals surface area contributed by atoms with E-state index in [0.29, 0.717) is 29.8 Å². The van der Waals surface area contributed by atoms with E-state index in [1.165, 1.54) is 0 Å². The summed E-state index contributed by atoms with van der Waals surface area (Å²) in [6.07, 6.45) is 4.44. The quantitative estimate of drug-likeness (QED) is 0.257. The number of nitrogens with one attached hydrogen (secondary N) is 2. The molecule has 4 N–H and O–H groups in total. The normalized spacial score (nSPS) is 22.4. The first-order valence-corrected chi connectivity index (χ1v) is 10.7. The van der Waals surface area contributed by atoms with Crippen LogP contribution >= 0.6 is 0 Å². The van der Waals surface area contributed by atoms with E-state index in [0.717, 1.165) is 25.7 Å². The van der Waals surface area contributed by atoms with Crippen LogP contribution in [0, 0.1) is 30.5 Å². The average molecular weight is 439 g/mol. The number of carbonyl (C=O) groups is 2. The lowest BCUT2D eigenvalue weighted by Gasteiger charge is -2.23. The Balaban J connectivity index is 1.69. The van der Waals surface area contributed by atoms with Gasteiger partial charge in [-0.2, -0.15) is 4.39 Å². The summed E-state index contributed by atoms with van der Waals surface area (Å²) in [5, 5.41) is 20.0. The third-order valence-corrected chi connectivity index (χ3v) is 6.11. The summed E-state index contributed by atoms with van der Waals surface area (Å²) < 4.78 is 15.0. The van der Waals surface area contributed by atoms with Crippen molar-refractivity contribution in [2.24, 2.45) is 17.8 Å². The standard InChI is InChI=1S/C20H31FN6O4/c1-12-8-26(10-16(12)29)19-17(21)18(22-13(2)23-19)24-25-20(30)15(9-27(31)11-28)7-14-5-3-4-6-14/h11-12,14-16,29,31H,3-10H2,1-2H3,(H,25,30)(H,22,23,24)/t12-,15-,16+/m1/s1. The molecular weight excluding hydrogens is 407 g/mol. The van der Waals surface area contributed by atoms with Crippen LogP contribution in [0.15, 0.2) is 0 Å². The monoisotopic (exact) mass is 438 g/mol. The van der Waals surface area contributed by atoms with Crippen LogP contribution in [-0.2, 0) is 9.59 Å². The Morgan fingerprint density at radius 2 is 2.06 bits per heavy atom. The van der Waals surface area contributed by atoms with Gasteiger partial charge in [0, 0.05) is 19.0 Å². The Bertz CT molecular complexity index is 781. The summed E-state index contributed by atoms with van der Waals surface area (Å²) in [5.74, 6) is -1.30. The number of halogens is 1. The molecule has 1 aliphatic heterocycles. The largest absolute Gasteiger partial charge is 0.391 e. The van der Waals surface area contributed by atoms with E-state index in [1.807, 2.05) is 6.92 Å². The van der Waals surface area contributed by atoms with Crippen LogP contribution in [0.25, 0.3) is 0 Å². The van der Waals surface area contributed by atoms with E-state index in [-0.39, 0.29) is 37.1 Å². The summed E-state index contributed by atoms with van der Waals surface area (Å²) in [6, 6.07) is 0. The number of aromatic nitrogens is 2. The predicted octanol–water partition coefficient (Wildman–Crippen LogP) is 1.23. The van der Waals surface area contributed by atoms with E-state index in [9.17, 15) is 19.9 Å². The molecule has 172 valence electrons. The van der Waals surface area contributed by atoms with Crippen LogP contribution in [-0.4, -0.2) is 63.4 Å². The smallest absolute Gasteiger partial charge is 0.243 e. The van der Waals surface area contributed by atoms with Gasteiger partial charge in [0.05, 0.1) is 18.6 Å².